The van der Waals surface area contributed by atoms with Crippen molar-refractivity contribution < 1.29 is 8.83 Å². The molecule has 1 atom stereocenters. The largest absolute Gasteiger partial charge is 0.456 e. The first-order chi connectivity index (χ1) is 41.2. The molecule has 1 spiro atoms. The van der Waals surface area contributed by atoms with E-state index < -0.39 is 5.41 Å². The van der Waals surface area contributed by atoms with Crippen LogP contribution >= 0.6 is 0 Å². The quantitative estimate of drug-likeness (QED) is 0.144. The first kappa shape index (κ1) is 46.9. The van der Waals surface area contributed by atoms with Crippen molar-refractivity contribution in [3.05, 3.63) is 326 Å². The van der Waals surface area contributed by atoms with Crippen molar-refractivity contribution in [1.82, 2.24) is 0 Å². The third-order valence-electron chi connectivity index (χ3n) is 17.4. The Bertz CT molecular complexity index is 5020. The summed E-state index contributed by atoms with van der Waals surface area (Å²) < 4.78 is 13.6. The predicted octanol–water partition coefficient (Wildman–Crippen LogP) is 21.8. The zero-order valence-electron chi connectivity index (χ0n) is 45.1. The molecule has 2 heterocycles. The molecule has 17 rings (SSSR count). The lowest BCUT2D eigenvalue weighted by molar-refractivity contribution is 0.668. The minimum atomic E-state index is -0.610. The van der Waals surface area contributed by atoms with Crippen molar-refractivity contribution in [2.24, 2.45) is 0 Å². The van der Waals surface area contributed by atoms with Gasteiger partial charge in [-0.15, -0.1) is 0 Å². The average Bonchev–Trinajstić information content (AvgIpc) is 1.74. The van der Waals surface area contributed by atoms with Crippen LogP contribution < -0.4 is 9.80 Å². The standard InChI is InChI=1S/C79H50N2O2/c1-4-19-51(20-5-1)53-35-40-58(41-36-53)80(57-23-8-3-9-24-57)60-47-56(48-61(50-60)81(59-42-37-54(38-43-59)52-21-6-2-7-22-52)72-32-18-29-65-64-26-12-16-33-73(64)83-78(65)72)55-39-44-63-62-25-10-14-30-68(62)79(71(63)49-55)69-31-15-11-27-66(69)76-70(79)45-46-75-77(76)67-28-13-17-34-74(67)82-75/h1-50H. The molecule has 0 amide bonds. The lowest BCUT2D eigenvalue weighted by Gasteiger charge is -2.31. The highest BCUT2D eigenvalue weighted by Crippen LogP contribution is 2.65. The maximum atomic E-state index is 6.96. The molecule has 4 heteroatoms. The van der Waals surface area contributed by atoms with Gasteiger partial charge in [0, 0.05) is 50.0 Å². The monoisotopic (exact) mass is 1060 g/mol. The number of anilines is 6. The molecule has 2 aliphatic carbocycles. The fraction of sp³-hybridized carbons (Fsp3) is 0.0127. The van der Waals surface area contributed by atoms with E-state index in [4.69, 9.17) is 8.83 Å². The smallest absolute Gasteiger partial charge is 0.159 e. The van der Waals surface area contributed by atoms with E-state index in [1.54, 1.807) is 0 Å². The second-order valence-electron chi connectivity index (χ2n) is 21.9. The highest BCUT2D eigenvalue weighted by molar-refractivity contribution is 6.16. The Morgan fingerprint density at radius 3 is 1.46 bits per heavy atom. The van der Waals surface area contributed by atoms with Crippen LogP contribution in [0.2, 0.25) is 0 Å². The Morgan fingerprint density at radius 1 is 0.253 bits per heavy atom. The van der Waals surface area contributed by atoms with Crippen LogP contribution in [-0.4, -0.2) is 0 Å². The molecule has 1 unspecified atom stereocenters. The van der Waals surface area contributed by atoms with Gasteiger partial charge in [-0.25, -0.2) is 0 Å². The van der Waals surface area contributed by atoms with Crippen molar-refractivity contribution >= 4 is 78.0 Å². The number of hydrogen-bond donors (Lipinski definition) is 0. The van der Waals surface area contributed by atoms with Crippen molar-refractivity contribution in [2.75, 3.05) is 9.80 Å². The summed E-state index contributed by atoms with van der Waals surface area (Å²) in [5, 5.41) is 4.44. The fourth-order valence-electron chi connectivity index (χ4n) is 13.9. The first-order valence-corrected chi connectivity index (χ1v) is 28.5. The Morgan fingerprint density at radius 2 is 0.759 bits per heavy atom. The lowest BCUT2D eigenvalue weighted by Crippen LogP contribution is -2.25. The van der Waals surface area contributed by atoms with E-state index in [1.807, 2.05) is 6.07 Å². The summed E-state index contributed by atoms with van der Waals surface area (Å²) in [5.74, 6) is 0. The summed E-state index contributed by atoms with van der Waals surface area (Å²) in [5.41, 5.74) is 25.7. The fourth-order valence-corrected chi connectivity index (χ4v) is 13.9. The van der Waals surface area contributed by atoms with Crippen molar-refractivity contribution in [3.63, 3.8) is 0 Å². The Kier molecular flexibility index (Phi) is 10.5. The summed E-state index contributed by atoms with van der Waals surface area (Å²) in [6, 6.07) is 110. The van der Waals surface area contributed by atoms with E-state index in [0.717, 1.165) is 106 Å². The molecule has 15 aromatic rings. The molecule has 0 fully saturated rings. The van der Waals surface area contributed by atoms with Crippen LogP contribution in [0.3, 0.4) is 0 Å². The van der Waals surface area contributed by atoms with Gasteiger partial charge in [-0.2, -0.15) is 0 Å². The number of para-hydroxylation sites is 4. The van der Waals surface area contributed by atoms with Gasteiger partial charge in [0.05, 0.1) is 11.1 Å². The number of rotatable bonds is 9. The van der Waals surface area contributed by atoms with Crippen molar-refractivity contribution in [1.29, 1.82) is 0 Å². The van der Waals surface area contributed by atoms with Crippen LogP contribution in [0.1, 0.15) is 22.3 Å². The van der Waals surface area contributed by atoms with Crippen LogP contribution in [-0.2, 0) is 5.41 Å². The zero-order chi connectivity index (χ0) is 54.6. The van der Waals surface area contributed by atoms with E-state index in [9.17, 15) is 0 Å². The number of fused-ring (bicyclic) bond motifs is 17. The summed E-state index contributed by atoms with van der Waals surface area (Å²) in [4.78, 5) is 4.79. The molecule has 388 valence electrons. The number of hydrogen-bond acceptors (Lipinski definition) is 4. The van der Waals surface area contributed by atoms with E-state index in [0.29, 0.717) is 0 Å². The van der Waals surface area contributed by atoms with Crippen molar-refractivity contribution in [2.45, 2.75) is 5.41 Å². The molecule has 83 heavy (non-hydrogen) atoms. The number of nitrogens with zero attached hydrogens (tertiary/aromatic N) is 2. The second kappa shape index (κ2) is 18.6. The summed E-state index contributed by atoms with van der Waals surface area (Å²) in [7, 11) is 0. The number of furan rings is 2. The van der Waals surface area contributed by atoms with Gasteiger partial charge in [-0.05, 0) is 163 Å². The topological polar surface area (TPSA) is 32.8 Å². The average molecular weight is 1060 g/mol. The first-order valence-electron chi connectivity index (χ1n) is 28.5. The summed E-state index contributed by atoms with van der Waals surface area (Å²) in [6.07, 6.45) is 0. The molecule has 0 saturated heterocycles. The second-order valence-corrected chi connectivity index (χ2v) is 21.9. The van der Waals surface area contributed by atoms with E-state index >= 15 is 0 Å². The summed E-state index contributed by atoms with van der Waals surface area (Å²) in [6.45, 7) is 0. The Hall–Kier alpha value is -10.9. The van der Waals surface area contributed by atoms with E-state index in [2.05, 4.69) is 307 Å². The van der Waals surface area contributed by atoms with Gasteiger partial charge in [0.25, 0.3) is 0 Å². The van der Waals surface area contributed by atoms with Gasteiger partial charge in [-0.1, -0.05) is 218 Å². The van der Waals surface area contributed by atoms with Gasteiger partial charge in [-0.3, -0.25) is 0 Å². The molecule has 0 N–H and O–H groups in total. The highest BCUT2D eigenvalue weighted by Gasteiger charge is 2.52. The molecule has 0 radical (unpaired) electrons. The summed E-state index contributed by atoms with van der Waals surface area (Å²) >= 11 is 0. The van der Waals surface area contributed by atoms with Crippen LogP contribution in [0.4, 0.5) is 34.1 Å². The molecule has 2 aromatic heterocycles. The highest BCUT2D eigenvalue weighted by atomic mass is 16.3. The van der Waals surface area contributed by atoms with Gasteiger partial charge in [0.1, 0.15) is 16.7 Å². The lowest BCUT2D eigenvalue weighted by atomic mass is 9.70. The van der Waals surface area contributed by atoms with E-state index in [1.165, 1.54) is 50.1 Å². The van der Waals surface area contributed by atoms with Gasteiger partial charge in [0.15, 0.2) is 5.58 Å². The van der Waals surface area contributed by atoms with Crippen LogP contribution in [0.15, 0.2) is 312 Å². The molecule has 2 aliphatic rings. The number of benzene rings is 13. The third-order valence-corrected chi connectivity index (χ3v) is 17.4. The predicted molar refractivity (Wildman–Crippen MR) is 343 cm³/mol. The van der Waals surface area contributed by atoms with Crippen LogP contribution in [0, 0.1) is 0 Å². The zero-order valence-corrected chi connectivity index (χ0v) is 45.1. The SMILES string of the molecule is c1ccc(-c2ccc(N(c3ccccc3)c3cc(-c4ccc5c(c4)C4(c6ccccc6-5)c5ccccc5-c5c4ccc4oc6ccccc6c54)cc(N(c4ccc(-c5ccccc5)cc4)c4cccc5c4oc4ccccc45)c3)cc2)cc1. The normalized spacial score (nSPS) is 13.8. The molecule has 0 aliphatic heterocycles. The van der Waals surface area contributed by atoms with Crippen LogP contribution in [0.25, 0.3) is 99.5 Å². The Balaban J connectivity index is 0.934. The Labute approximate surface area is 480 Å². The molecular formula is C79H50N2O2. The maximum Gasteiger partial charge on any atom is 0.159 e. The molecular weight excluding hydrogens is 1010 g/mol. The molecule has 0 bridgehead atoms. The minimum absolute atomic E-state index is 0.610. The molecule has 0 saturated carbocycles. The van der Waals surface area contributed by atoms with Crippen molar-refractivity contribution in [3.8, 4) is 55.6 Å². The third kappa shape index (κ3) is 7.19. The van der Waals surface area contributed by atoms with Gasteiger partial charge >= 0.3 is 0 Å². The minimum Gasteiger partial charge on any atom is -0.456 e. The molecule has 4 nitrogen and oxygen atoms in total. The van der Waals surface area contributed by atoms with Gasteiger partial charge in [0.2, 0.25) is 0 Å². The maximum absolute atomic E-state index is 6.96. The van der Waals surface area contributed by atoms with E-state index in [-0.39, 0.29) is 0 Å². The molecule has 13 aromatic carbocycles. The van der Waals surface area contributed by atoms with Gasteiger partial charge < -0.3 is 18.6 Å². The van der Waals surface area contributed by atoms with Crippen LogP contribution in [0.5, 0.6) is 0 Å².